The minimum absolute atomic E-state index is 0.344. The van der Waals surface area contributed by atoms with Gasteiger partial charge in [-0.15, -0.1) is 0 Å². The zero-order chi connectivity index (χ0) is 8.81. The van der Waals surface area contributed by atoms with Crippen molar-refractivity contribution in [3.8, 4) is 0 Å². The SMILES string of the molecule is CCCCCCC1CC[C@H](O)O1. The highest BCUT2D eigenvalue weighted by Crippen LogP contribution is 2.22. The van der Waals surface area contributed by atoms with Gasteiger partial charge in [0.05, 0.1) is 6.10 Å². The molecule has 1 fully saturated rings. The number of ether oxygens (including phenoxy) is 1. The number of rotatable bonds is 5. The van der Waals surface area contributed by atoms with E-state index in [4.69, 9.17) is 9.84 Å². The molecule has 1 heterocycles. The van der Waals surface area contributed by atoms with E-state index >= 15 is 0 Å². The average Bonchev–Trinajstić information content (AvgIpc) is 2.45. The van der Waals surface area contributed by atoms with Crippen molar-refractivity contribution in [1.29, 1.82) is 0 Å². The molecular weight excluding hydrogens is 152 g/mol. The maximum atomic E-state index is 9.08. The smallest absolute Gasteiger partial charge is 0.154 e. The van der Waals surface area contributed by atoms with Gasteiger partial charge in [0.25, 0.3) is 0 Å². The fourth-order valence-corrected chi connectivity index (χ4v) is 1.70. The van der Waals surface area contributed by atoms with E-state index in [9.17, 15) is 0 Å². The highest BCUT2D eigenvalue weighted by Gasteiger charge is 2.22. The molecule has 1 unspecified atom stereocenters. The Morgan fingerprint density at radius 2 is 2.08 bits per heavy atom. The van der Waals surface area contributed by atoms with Crippen LogP contribution in [0.2, 0.25) is 0 Å². The topological polar surface area (TPSA) is 29.5 Å². The molecule has 12 heavy (non-hydrogen) atoms. The molecule has 1 aliphatic heterocycles. The molecule has 1 saturated heterocycles. The van der Waals surface area contributed by atoms with Crippen molar-refractivity contribution < 1.29 is 9.84 Å². The first-order valence-electron chi connectivity index (χ1n) is 5.16. The Hall–Kier alpha value is -0.0800. The minimum atomic E-state index is -0.471. The summed E-state index contributed by atoms with van der Waals surface area (Å²) in [6, 6.07) is 0. The quantitative estimate of drug-likeness (QED) is 0.645. The van der Waals surface area contributed by atoms with Gasteiger partial charge in [0, 0.05) is 6.42 Å². The third-order valence-corrected chi connectivity index (χ3v) is 2.46. The first-order valence-corrected chi connectivity index (χ1v) is 5.16. The maximum Gasteiger partial charge on any atom is 0.154 e. The maximum absolute atomic E-state index is 9.08. The van der Waals surface area contributed by atoms with Crippen LogP contribution in [-0.4, -0.2) is 17.5 Å². The number of aliphatic hydroxyl groups is 1. The fraction of sp³-hybridized carbons (Fsp3) is 1.00. The Bertz CT molecular complexity index is 114. The lowest BCUT2D eigenvalue weighted by Crippen LogP contribution is -2.09. The van der Waals surface area contributed by atoms with Gasteiger partial charge < -0.3 is 9.84 Å². The van der Waals surface area contributed by atoms with E-state index in [0.29, 0.717) is 6.10 Å². The summed E-state index contributed by atoms with van der Waals surface area (Å²) in [5.74, 6) is 0. The zero-order valence-corrected chi connectivity index (χ0v) is 7.96. The first-order chi connectivity index (χ1) is 5.83. The molecule has 2 atom stereocenters. The summed E-state index contributed by atoms with van der Waals surface area (Å²) >= 11 is 0. The first kappa shape index (κ1) is 10.0. The van der Waals surface area contributed by atoms with Gasteiger partial charge in [-0.1, -0.05) is 32.6 Å². The second-order valence-electron chi connectivity index (χ2n) is 3.64. The molecule has 0 aromatic heterocycles. The molecule has 0 amide bonds. The predicted molar refractivity (Wildman–Crippen MR) is 48.9 cm³/mol. The third kappa shape index (κ3) is 3.55. The van der Waals surface area contributed by atoms with Gasteiger partial charge in [0.2, 0.25) is 0 Å². The van der Waals surface area contributed by atoms with Crippen molar-refractivity contribution in [3.63, 3.8) is 0 Å². The van der Waals surface area contributed by atoms with Crippen molar-refractivity contribution in [2.24, 2.45) is 0 Å². The minimum Gasteiger partial charge on any atom is -0.368 e. The van der Waals surface area contributed by atoms with E-state index in [-0.39, 0.29) is 0 Å². The molecule has 1 rings (SSSR count). The van der Waals surface area contributed by atoms with Crippen molar-refractivity contribution in [2.45, 2.75) is 64.3 Å². The Morgan fingerprint density at radius 3 is 2.67 bits per heavy atom. The van der Waals surface area contributed by atoms with Gasteiger partial charge in [-0.05, 0) is 12.8 Å². The molecule has 2 heteroatoms. The lowest BCUT2D eigenvalue weighted by molar-refractivity contribution is -0.0920. The second-order valence-corrected chi connectivity index (χ2v) is 3.64. The molecule has 0 aliphatic carbocycles. The van der Waals surface area contributed by atoms with Crippen LogP contribution in [0, 0.1) is 0 Å². The Kier molecular flexibility index (Phi) is 4.62. The van der Waals surface area contributed by atoms with Crippen LogP contribution in [0.1, 0.15) is 51.9 Å². The summed E-state index contributed by atoms with van der Waals surface area (Å²) < 4.78 is 5.30. The van der Waals surface area contributed by atoms with E-state index in [1.54, 1.807) is 0 Å². The number of aliphatic hydroxyl groups excluding tert-OH is 1. The fourth-order valence-electron chi connectivity index (χ4n) is 1.70. The summed E-state index contributed by atoms with van der Waals surface area (Å²) in [7, 11) is 0. The molecule has 1 aliphatic rings. The Balaban J connectivity index is 1.93. The van der Waals surface area contributed by atoms with Crippen LogP contribution in [0.4, 0.5) is 0 Å². The van der Waals surface area contributed by atoms with Gasteiger partial charge >= 0.3 is 0 Å². The van der Waals surface area contributed by atoms with E-state index in [0.717, 1.165) is 19.3 Å². The average molecular weight is 172 g/mol. The van der Waals surface area contributed by atoms with E-state index < -0.39 is 6.29 Å². The van der Waals surface area contributed by atoms with Crippen molar-refractivity contribution >= 4 is 0 Å². The second kappa shape index (κ2) is 5.55. The van der Waals surface area contributed by atoms with Gasteiger partial charge in [0.1, 0.15) is 0 Å². The van der Waals surface area contributed by atoms with Crippen molar-refractivity contribution in [2.75, 3.05) is 0 Å². The summed E-state index contributed by atoms with van der Waals surface area (Å²) in [5, 5.41) is 9.08. The third-order valence-electron chi connectivity index (χ3n) is 2.46. The van der Waals surface area contributed by atoms with Gasteiger partial charge in [0.15, 0.2) is 6.29 Å². The molecule has 0 aromatic carbocycles. The Morgan fingerprint density at radius 1 is 1.25 bits per heavy atom. The van der Waals surface area contributed by atoms with Crippen LogP contribution in [0.25, 0.3) is 0 Å². The predicted octanol–water partition coefficient (Wildman–Crippen LogP) is 2.45. The molecule has 2 nitrogen and oxygen atoms in total. The molecule has 0 saturated carbocycles. The van der Waals surface area contributed by atoms with Crippen LogP contribution < -0.4 is 0 Å². The van der Waals surface area contributed by atoms with Gasteiger partial charge in [-0.25, -0.2) is 0 Å². The summed E-state index contributed by atoms with van der Waals surface area (Å²) in [4.78, 5) is 0. The van der Waals surface area contributed by atoms with E-state index in [1.807, 2.05) is 0 Å². The van der Waals surface area contributed by atoms with Crippen LogP contribution in [0.5, 0.6) is 0 Å². The van der Waals surface area contributed by atoms with Crippen LogP contribution in [0.3, 0.4) is 0 Å². The molecule has 0 spiro atoms. The molecule has 0 radical (unpaired) electrons. The molecule has 0 bridgehead atoms. The summed E-state index contributed by atoms with van der Waals surface area (Å²) in [5.41, 5.74) is 0. The zero-order valence-electron chi connectivity index (χ0n) is 7.96. The molecule has 0 aromatic rings. The van der Waals surface area contributed by atoms with Crippen LogP contribution >= 0.6 is 0 Å². The van der Waals surface area contributed by atoms with Crippen molar-refractivity contribution in [3.05, 3.63) is 0 Å². The molecule has 72 valence electrons. The van der Waals surface area contributed by atoms with Crippen molar-refractivity contribution in [1.82, 2.24) is 0 Å². The van der Waals surface area contributed by atoms with Gasteiger partial charge in [-0.3, -0.25) is 0 Å². The lowest BCUT2D eigenvalue weighted by atomic mass is 10.1. The van der Waals surface area contributed by atoms with E-state index in [2.05, 4.69) is 6.92 Å². The highest BCUT2D eigenvalue weighted by atomic mass is 16.6. The Labute approximate surface area is 74.9 Å². The van der Waals surface area contributed by atoms with Crippen LogP contribution in [0.15, 0.2) is 0 Å². The number of hydrogen-bond acceptors (Lipinski definition) is 2. The lowest BCUT2D eigenvalue weighted by Gasteiger charge is -2.09. The molecule has 1 N–H and O–H groups in total. The normalized spacial score (nSPS) is 29.5. The number of hydrogen-bond donors (Lipinski definition) is 1. The van der Waals surface area contributed by atoms with E-state index in [1.165, 1.54) is 25.7 Å². The standard InChI is InChI=1S/C10H20O2/c1-2-3-4-5-6-9-7-8-10(11)12-9/h9-11H,2-8H2,1H3/t9?,10-/m1/s1. The monoisotopic (exact) mass is 172 g/mol. The summed E-state index contributed by atoms with van der Waals surface area (Å²) in [6.45, 7) is 2.22. The molecular formula is C10H20O2. The summed E-state index contributed by atoms with van der Waals surface area (Å²) in [6.07, 6.45) is 8.07. The van der Waals surface area contributed by atoms with Gasteiger partial charge in [-0.2, -0.15) is 0 Å². The largest absolute Gasteiger partial charge is 0.368 e. The number of unbranched alkanes of at least 4 members (excludes halogenated alkanes) is 3. The van der Waals surface area contributed by atoms with Crippen LogP contribution in [-0.2, 0) is 4.74 Å². The highest BCUT2D eigenvalue weighted by molar-refractivity contribution is 4.66.